The molecule has 0 radical (unpaired) electrons. The molecule has 3 heteroatoms. The fourth-order valence-corrected chi connectivity index (χ4v) is 1.74. The van der Waals surface area contributed by atoms with E-state index >= 15 is 0 Å². The van der Waals surface area contributed by atoms with Gasteiger partial charge in [-0.05, 0) is 49.7 Å². The first kappa shape index (κ1) is 12.2. The van der Waals surface area contributed by atoms with Crippen molar-refractivity contribution >= 4 is 17.3 Å². The highest BCUT2D eigenvalue weighted by atomic mass is 16.1. The zero-order valence-corrected chi connectivity index (χ0v) is 10.5. The topological polar surface area (TPSA) is 55.1 Å². The summed E-state index contributed by atoms with van der Waals surface area (Å²) in [4.78, 5) is 12.0. The van der Waals surface area contributed by atoms with Crippen molar-refractivity contribution in [2.45, 2.75) is 13.8 Å². The van der Waals surface area contributed by atoms with Gasteiger partial charge in [0.1, 0.15) is 0 Å². The molecule has 0 saturated heterocycles. The van der Waals surface area contributed by atoms with Gasteiger partial charge in [-0.3, -0.25) is 4.79 Å². The van der Waals surface area contributed by atoms with Gasteiger partial charge in [0, 0.05) is 16.9 Å². The largest absolute Gasteiger partial charge is 0.399 e. The highest BCUT2D eigenvalue weighted by Gasteiger charge is 2.06. The monoisotopic (exact) mass is 240 g/mol. The molecule has 0 heterocycles. The number of aryl methyl sites for hydroxylation is 2. The van der Waals surface area contributed by atoms with Crippen LogP contribution in [0, 0.1) is 13.8 Å². The molecule has 0 aliphatic carbocycles. The van der Waals surface area contributed by atoms with Crippen LogP contribution >= 0.6 is 0 Å². The van der Waals surface area contributed by atoms with E-state index in [1.165, 1.54) is 0 Å². The zero-order valence-electron chi connectivity index (χ0n) is 10.5. The van der Waals surface area contributed by atoms with Gasteiger partial charge in [0.05, 0.1) is 0 Å². The van der Waals surface area contributed by atoms with Gasteiger partial charge < -0.3 is 11.1 Å². The molecule has 0 aromatic heterocycles. The molecule has 18 heavy (non-hydrogen) atoms. The lowest BCUT2D eigenvalue weighted by molar-refractivity contribution is 0.102. The lowest BCUT2D eigenvalue weighted by Gasteiger charge is -2.08. The Morgan fingerprint density at radius 3 is 2.56 bits per heavy atom. The number of nitrogens with two attached hydrogens (primary N) is 1. The van der Waals surface area contributed by atoms with Crippen LogP contribution in [-0.2, 0) is 0 Å². The zero-order chi connectivity index (χ0) is 13.1. The number of hydrogen-bond acceptors (Lipinski definition) is 2. The number of hydrogen-bond donors (Lipinski definition) is 2. The lowest BCUT2D eigenvalue weighted by Crippen LogP contribution is -2.12. The summed E-state index contributed by atoms with van der Waals surface area (Å²) in [6.45, 7) is 3.88. The van der Waals surface area contributed by atoms with Gasteiger partial charge in [0.15, 0.2) is 0 Å². The van der Waals surface area contributed by atoms with Crippen LogP contribution in [0.4, 0.5) is 11.4 Å². The molecule has 92 valence electrons. The quantitative estimate of drug-likeness (QED) is 0.792. The van der Waals surface area contributed by atoms with Crippen LogP contribution in [0.15, 0.2) is 42.5 Å². The number of carbonyl (C=O) groups excluding carboxylic acids is 1. The molecule has 0 fully saturated rings. The normalized spacial score (nSPS) is 10.1. The molecule has 1 amide bonds. The minimum Gasteiger partial charge on any atom is -0.399 e. The molecule has 3 N–H and O–H groups in total. The highest BCUT2D eigenvalue weighted by molar-refractivity contribution is 6.04. The van der Waals surface area contributed by atoms with Gasteiger partial charge in [-0.2, -0.15) is 0 Å². The minimum atomic E-state index is -0.108. The average molecular weight is 240 g/mol. The van der Waals surface area contributed by atoms with Gasteiger partial charge in [-0.25, -0.2) is 0 Å². The molecular formula is C15H16N2O. The molecule has 0 unspecified atom stereocenters. The minimum absolute atomic E-state index is 0.108. The van der Waals surface area contributed by atoms with E-state index in [4.69, 9.17) is 5.73 Å². The van der Waals surface area contributed by atoms with E-state index in [1.807, 2.05) is 38.1 Å². The summed E-state index contributed by atoms with van der Waals surface area (Å²) in [6.07, 6.45) is 0. The summed E-state index contributed by atoms with van der Waals surface area (Å²) >= 11 is 0. The number of rotatable bonds is 2. The van der Waals surface area contributed by atoms with Crippen LogP contribution in [0.1, 0.15) is 21.5 Å². The van der Waals surface area contributed by atoms with E-state index in [0.29, 0.717) is 5.56 Å². The third kappa shape index (κ3) is 2.69. The van der Waals surface area contributed by atoms with Crippen LogP contribution in [0.2, 0.25) is 0 Å². The summed E-state index contributed by atoms with van der Waals surface area (Å²) in [5, 5.41) is 2.86. The van der Waals surface area contributed by atoms with E-state index in [9.17, 15) is 4.79 Å². The van der Waals surface area contributed by atoms with Crippen LogP contribution in [0.25, 0.3) is 0 Å². The Labute approximate surface area is 107 Å². The number of carbonyl (C=O) groups is 1. The maximum absolute atomic E-state index is 12.0. The Kier molecular flexibility index (Phi) is 3.33. The van der Waals surface area contributed by atoms with Crippen molar-refractivity contribution in [3.05, 3.63) is 59.2 Å². The third-order valence-corrected chi connectivity index (χ3v) is 2.81. The van der Waals surface area contributed by atoms with E-state index in [0.717, 1.165) is 22.5 Å². The first-order valence-corrected chi connectivity index (χ1v) is 5.80. The van der Waals surface area contributed by atoms with E-state index in [-0.39, 0.29) is 5.91 Å². The molecule has 0 atom stereocenters. The number of amides is 1. The number of nitrogens with one attached hydrogen (secondary N) is 1. The molecule has 0 saturated carbocycles. The van der Waals surface area contributed by atoms with Gasteiger partial charge >= 0.3 is 0 Å². The van der Waals surface area contributed by atoms with Crippen LogP contribution in [0.3, 0.4) is 0 Å². The molecule has 2 aromatic carbocycles. The summed E-state index contributed by atoms with van der Waals surface area (Å²) in [5.41, 5.74) is 9.90. The van der Waals surface area contributed by atoms with E-state index < -0.39 is 0 Å². The maximum atomic E-state index is 12.0. The second-order valence-corrected chi connectivity index (χ2v) is 4.39. The summed E-state index contributed by atoms with van der Waals surface area (Å²) < 4.78 is 0. The fourth-order valence-electron chi connectivity index (χ4n) is 1.74. The van der Waals surface area contributed by atoms with Crippen molar-refractivity contribution in [2.75, 3.05) is 11.1 Å². The Bertz CT molecular complexity index is 591. The van der Waals surface area contributed by atoms with Crippen LogP contribution in [0.5, 0.6) is 0 Å². The first-order chi connectivity index (χ1) is 8.56. The molecular weight excluding hydrogens is 224 g/mol. The molecule has 3 nitrogen and oxygen atoms in total. The van der Waals surface area contributed by atoms with Crippen LogP contribution < -0.4 is 11.1 Å². The fraction of sp³-hybridized carbons (Fsp3) is 0.133. The van der Waals surface area contributed by atoms with Gasteiger partial charge in [-0.15, -0.1) is 0 Å². The number of anilines is 2. The van der Waals surface area contributed by atoms with Crippen molar-refractivity contribution in [2.24, 2.45) is 0 Å². The molecule has 0 aliphatic rings. The van der Waals surface area contributed by atoms with E-state index in [2.05, 4.69) is 5.32 Å². The lowest BCUT2D eigenvalue weighted by atomic mass is 10.1. The van der Waals surface area contributed by atoms with Crippen molar-refractivity contribution in [1.82, 2.24) is 0 Å². The van der Waals surface area contributed by atoms with Crippen molar-refractivity contribution in [1.29, 1.82) is 0 Å². The standard InChI is InChI=1S/C15H16N2O/c1-10-4-3-5-12(8-10)15(18)17-13-6-7-14(16)11(2)9-13/h3-9H,16H2,1-2H3,(H,17,18). The molecule has 0 spiro atoms. The molecule has 0 aliphatic heterocycles. The summed E-state index contributed by atoms with van der Waals surface area (Å²) in [5.74, 6) is -0.108. The van der Waals surface area contributed by atoms with Crippen molar-refractivity contribution < 1.29 is 4.79 Å². The predicted octanol–water partition coefficient (Wildman–Crippen LogP) is 3.14. The van der Waals surface area contributed by atoms with Crippen molar-refractivity contribution in [3.63, 3.8) is 0 Å². The Hall–Kier alpha value is -2.29. The summed E-state index contributed by atoms with van der Waals surface area (Å²) in [7, 11) is 0. The molecule has 2 aromatic rings. The second-order valence-electron chi connectivity index (χ2n) is 4.39. The molecule has 0 bridgehead atoms. The summed E-state index contributed by atoms with van der Waals surface area (Å²) in [6, 6.07) is 13.0. The number of nitrogen functional groups attached to an aromatic ring is 1. The van der Waals surface area contributed by atoms with Crippen molar-refractivity contribution in [3.8, 4) is 0 Å². The van der Waals surface area contributed by atoms with Gasteiger partial charge in [0.25, 0.3) is 5.91 Å². The average Bonchev–Trinajstić information content (AvgIpc) is 2.34. The van der Waals surface area contributed by atoms with Crippen LogP contribution in [-0.4, -0.2) is 5.91 Å². The highest BCUT2D eigenvalue weighted by Crippen LogP contribution is 2.17. The Balaban J connectivity index is 2.18. The van der Waals surface area contributed by atoms with E-state index in [1.54, 1.807) is 18.2 Å². The smallest absolute Gasteiger partial charge is 0.255 e. The Morgan fingerprint density at radius 1 is 1.11 bits per heavy atom. The Morgan fingerprint density at radius 2 is 1.89 bits per heavy atom. The van der Waals surface area contributed by atoms with Gasteiger partial charge in [-0.1, -0.05) is 17.7 Å². The third-order valence-electron chi connectivity index (χ3n) is 2.81. The predicted molar refractivity (Wildman–Crippen MR) is 74.7 cm³/mol. The first-order valence-electron chi connectivity index (χ1n) is 5.80. The molecule has 2 rings (SSSR count). The van der Waals surface area contributed by atoms with Gasteiger partial charge in [0.2, 0.25) is 0 Å². The number of benzene rings is 2. The SMILES string of the molecule is Cc1cccc(C(=O)Nc2ccc(N)c(C)c2)c1. The second kappa shape index (κ2) is 4.92. The maximum Gasteiger partial charge on any atom is 0.255 e.